The van der Waals surface area contributed by atoms with Crippen molar-refractivity contribution < 1.29 is 24.4 Å². The molecule has 0 aromatic heterocycles. The van der Waals surface area contributed by atoms with E-state index in [1.807, 2.05) is 60.7 Å². The highest BCUT2D eigenvalue weighted by atomic mass is 16.7. The summed E-state index contributed by atoms with van der Waals surface area (Å²) in [6, 6.07) is 18.3. The van der Waals surface area contributed by atoms with Crippen LogP contribution in [0.3, 0.4) is 0 Å². The molecule has 8 heteroatoms. The Hall–Kier alpha value is -2.45. The van der Waals surface area contributed by atoms with E-state index in [1.54, 1.807) is 0 Å². The summed E-state index contributed by atoms with van der Waals surface area (Å²) >= 11 is 0. The standard InChI is InChI=1S/C20H23N3O5/c21-23-22-16(13-26-11-14-7-3-1-4-8-14)18-19(17(24)20(25)28-18)27-12-15-9-5-2-6-10-15/h1-10,16-20,24-25H,11-13H2/t16-,17+,18+,19-,20?/m0/s1. The molecule has 0 saturated carbocycles. The highest BCUT2D eigenvalue weighted by Gasteiger charge is 2.47. The maximum Gasteiger partial charge on any atom is 0.183 e. The molecule has 1 aliphatic rings. The number of ether oxygens (including phenoxy) is 3. The Morgan fingerprint density at radius 1 is 1.00 bits per heavy atom. The molecule has 0 spiro atoms. The monoisotopic (exact) mass is 385 g/mol. The molecule has 1 fully saturated rings. The largest absolute Gasteiger partial charge is 0.385 e. The van der Waals surface area contributed by atoms with E-state index in [0.29, 0.717) is 6.61 Å². The number of hydrogen-bond donors (Lipinski definition) is 2. The first-order chi connectivity index (χ1) is 13.7. The summed E-state index contributed by atoms with van der Waals surface area (Å²) in [4.78, 5) is 2.86. The van der Waals surface area contributed by atoms with E-state index in [1.165, 1.54) is 0 Å². The topological polar surface area (TPSA) is 117 Å². The van der Waals surface area contributed by atoms with Gasteiger partial charge in [-0.25, -0.2) is 0 Å². The first kappa shape index (κ1) is 20.3. The maximum absolute atomic E-state index is 10.3. The van der Waals surface area contributed by atoms with Crippen LogP contribution in [0.5, 0.6) is 0 Å². The van der Waals surface area contributed by atoms with Crippen LogP contribution in [0, 0.1) is 0 Å². The Bertz CT molecular complexity index is 770. The molecule has 2 aromatic rings. The van der Waals surface area contributed by atoms with E-state index in [2.05, 4.69) is 10.0 Å². The molecule has 0 aliphatic carbocycles. The third-order valence-electron chi connectivity index (χ3n) is 4.51. The lowest BCUT2D eigenvalue weighted by atomic mass is 10.0. The molecule has 3 rings (SSSR count). The van der Waals surface area contributed by atoms with Crippen molar-refractivity contribution in [3.63, 3.8) is 0 Å². The SMILES string of the molecule is [N-]=[N+]=N[C@@H](COCc1ccccc1)[C@H]1OC(O)[C@H](O)[C@@H]1OCc1ccccc1. The van der Waals surface area contributed by atoms with Crippen LogP contribution in [0.15, 0.2) is 65.8 Å². The molecule has 28 heavy (non-hydrogen) atoms. The van der Waals surface area contributed by atoms with Gasteiger partial charge in [-0.15, -0.1) is 0 Å². The van der Waals surface area contributed by atoms with Crippen LogP contribution in [-0.2, 0) is 27.4 Å². The predicted molar refractivity (Wildman–Crippen MR) is 101 cm³/mol. The quantitative estimate of drug-likeness (QED) is 0.391. The van der Waals surface area contributed by atoms with Gasteiger partial charge in [0.05, 0.1) is 25.9 Å². The summed E-state index contributed by atoms with van der Waals surface area (Å²) in [5, 5.41) is 23.9. The van der Waals surface area contributed by atoms with E-state index < -0.39 is 30.6 Å². The van der Waals surface area contributed by atoms with Crippen molar-refractivity contribution in [3.05, 3.63) is 82.2 Å². The van der Waals surface area contributed by atoms with Crippen molar-refractivity contribution in [1.29, 1.82) is 0 Å². The van der Waals surface area contributed by atoms with Crippen molar-refractivity contribution in [1.82, 2.24) is 0 Å². The van der Waals surface area contributed by atoms with Crippen LogP contribution in [0.2, 0.25) is 0 Å². The fraction of sp³-hybridized carbons (Fsp3) is 0.400. The third-order valence-corrected chi connectivity index (χ3v) is 4.51. The molecule has 1 aliphatic heterocycles. The second-order valence-corrected chi connectivity index (χ2v) is 6.52. The van der Waals surface area contributed by atoms with E-state index in [9.17, 15) is 10.2 Å². The van der Waals surface area contributed by atoms with Gasteiger partial charge in [0.25, 0.3) is 0 Å². The molecule has 1 heterocycles. The third kappa shape index (κ3) is 5.30. The average molecular weight is 385 g/mol. The van der Waals surface area contributed by atoms with Gasteiger partial charge in [-0.3, -0.25) is 0 Å². The molecule has 5 atom stereocenters. The summed E-state index contributed by atoms with van der Waals surface area (Å²) in [7, 11) is 0. The zero-order chi connectivity index (χ0) is 19.8. The maximum atomic E-state index is 10.3. The number of aliphatic hydroxyl groups is 2. The van der Waals surface area contributed by atoms with Gasteiger partial charge in [-0.05, 0) is 16.7 Å². The molecule has 8 nitrogen and oxygen atoms in total. The van der Waals surface area contributed by atoms with Gasteiger partial charge in [0, 0.05) is 4.91 Å². The van der Waals surface area contributed by atoms with Crippen LogP contribution in [0.1, 0.15) is 11.1 Å². The highest BCUT2D eigenvalue weighted by molar-refractivity contribution is 5.14. The Balaban J connectivity index is 1.63. The smallest absolute Gasteiger partial charge is 0.183 e. The molecule has 0 amide bonds. The fourth-order valence-electron chi connectivity index (χ4n) is 3.08. The number of rotatable bonds is 9. The van der Waals surface area contributed by atoms with Gasteiger partial charge in [-0.1, -0.05) is 65.8 Å². The van der Waals surface area contributed by atoms with Crippen LogP contribution in [-0.4, -0.2) is 47.5 Å². The van der Waals surface area contributed by atoms with Crippen LogP contribution >= 0.6 is 0 Å². The number of hydrogen-bond acceptors (Lipinski definition) is 6. The zero-order valence-electron chi connectivity index (χ0n) is 15.2. The second kappa shape index (κ2) is 10.2. The number of benzene rings is 2. The Morgan fingerprint density at radius 2 is 1.61 bits per heavy atom. The summed E-state index contributed by atoms with van der Waals surface area (Å²) in [5.74, 6) is 0. The minimum atomic E-state index is -1.42. The molecule has 0 bridgehead atoms. The van der Waals surface area contributed by atoms with E-state index >= 15 is 0 Å². The van der Waals surface area contributed by atoms with E-state index in [0.717, 1.165) is 11.1 Å². The lowest BCUT2D eigenvalue weighted by molar-refractivity contribution is -0.133. The van der Waals surface area contributed by atoms with Crippen LogP contribution in [0.25, 0.3) is 10.4 Å². The molecular formula is C20H23N3O5. The van der Waals surface area contributed by atoms with Crippen LogP contribution in [0.4, 0.5) is 0 Å². The number of nitrogens with zero attached hydrogens (tertiary/aromatic N) is 3. The summed E-state index contributed by atoms with van der Waals surface area (Å²) in [6.45, 7) is 0.628. The minimum Gasteiger partial charge on any atom is -0.385 e. The number of aliphatic hydroxyl groups excluding tert-OH is 2. The van der Waals surface area contributed by atoms with Crippen molar-refractivity contribution in [2.24, 2.45) is 5.11 Å². The molecule has 1 unspecified atom stereocenters. The van der Waals surface area contributed by atoms with Crippen molar-refractivity contribution >= 4 is 0 Å². The first-order valence-electron chi connectivity index (χ1n) is 9.02. The molecule has 2 N–H and O–H groups in total. The summed E-state index contributed by atoms with van der Waals surface area (Å²) < 4.78 is 16.9. The zero-order valence-corrected chi connectivity index (χ0v) is 15.2. The Labute approximate surface area is 162 Å². The Morgan fingerprint density at radius 3 is 2.21 bits per heavy atom. The van der Waals surface area contributed by atoms with Crippen LogP contribution < -0.4 is 0 Å². The molecule has 0 radical (unpaired) electrons. The van der Waals surface area contributed by atoms with Crippen molar-refractivity contribution in [2.75, 3.05) is 6.61 Å². The molecule has 2 aromatic carbocycles. The molecular weight excluding hydrogens is 362 g/mol. The molecule has 1 saturated heterocycles. The van der Waals surface area contributed by atoms with Crippen molar-refractivity contribution in [2.45, 2.75) is 43.9 Å². The summed E-state index contributed by atoms with van der Waals surface area (Å²) in [5.41, 5.74) is 10.8. The first-order valence-corrected chi connectivity index (χ1v) is 9.02. The van der Waals surface area contributed by atoms with Gasteiger partial charge in [-0.2, -0.15) is 0 Å². The van der Waals surface area contributed by atoms with Gasteiger partial charge in [0.1, 0.15) is 18.3 Å². The van der Waals surface area contributed by atoms with E-state index in [4.69, 9.17) is 19.7 Å². The second-order valence-electron chi connectivity index (χ2n) is 6.52. The summed E-state index contributed by atoms with van der Waals surface area (Å²) in [6.07, 6.45) is -4.36. The van der Waals surface area contributed by atoms with Gasteiger partial charge in [0.2, 0.25) is 0 Å². The minimum absolute atomic E-state index is 0.0637. The molecule has 148 valence electrons. The lowest BCUT2D eigenvalue weighted by Gasteiger charge is -2.25. The van der Waals surface area contributed by atoms with Crippen molar-refractivity contribution in [3.8, 4) is 0 Å². The van der Waals surface area contributed by atoms with E-state index in [-0.39, 0.29) is 13.2 Å². The Kier molecular flexibility index (Phi) is 7.39. The normalized spacial score (nSPS) is 25.2. The predicted octanol–water partition coefficient (Wildman–Crippen LogP) is 2.55. The fourth-order valence-corrected chi connectivity index (χ4v) is 3.08. The van der Waals surface area contributed by atoms with Gasteiger partial charge >= 0.3 is 0 Å². The lowest BCUT2D eigenvalue weighted by Crippen LogP contribution is -2.42. The number of azide groups is 1. The van der Waals surface area contributed by atoms with Gasteiger partial charge in [0.15, 0.2) is 6.29 Å². The average Bonchev–Trinajstić information content (AvgIpc) is 3.01. The van der Waals surface area contributed by atoms with Gasteiger partial charge < -0.3 is 24.4 Å². The highest BCUT2D eigenvalue weighted by Crippen LogP contribution is 2.28.